The molecule has 2 N–H and O–H groups in total. The van der Waals surface area contributed by atoms with Crippen LogP contribution in [-0.4, -0.2) is 21.8 Å². The smallest absolute Gasteiger partial charge is 0.0687 e. The molecule has 42 valence electrons. The maximum absolute atomic E-state index is 8.83. The summed E-state index contributed by atoms with van der Waals surface area (Å²) in [7, 11) is 0. The van der Waals surface area contributed by atoms with Crippen LogP contribution >= 0.6 is 22.6 Å². The van der Waals surface area contributed by atoms with Crippen LogP contribution in [0.3, 0.4) is 0 Å². The van der Waals surface area contributed by atoms with Crippen LogP contribution in [0.5, 0.6) is 0 Å². The van der Waals surface area contributed by atoms with Crippen LogP contribution in [-0.2, 0) is 0 Å². The van der Waals surface area contributed by atoms with Gasteiger partial charge < -0.3 is 10.4 Å². The van der Waals surface area contributed by atoms with E-state index >= 15 is 0 Å². The SMILES string of the molecule is OC1CNC(I)C1. The maximum Gasteiger partial charge on any atom is 0.0687 e. The Morgan fingerprint density at radius 2 is 2.43 bits per heavy atom. The topological polar surface area (TPSA) is 32.3 Å². The first-order valence-electron chi connectivity index (χ1n) is 2.34. The van der Waals surface area contributed by atoms with Gasteiger partial charge in [-0.2, -0.15) is 0 Å². The zero-order valence-corrected chi connectivity index (χ0v) is 6.05. The molecule has 1 fully saturated rings. The van der Waals surface area contributed by atoms with Crippen molar-refractivity contribution in [3.05, 3.63) is 0 Å². The molecule has 0 aromatic heterocycles. The zero-order chi connectivity index (χ0) is 5.28. The number of halogens is 1. The Hall–Kier alpha value is 0.650. The number of aliphatic hydroxyl groups is 1. The fourth-order valence-corrected chi connectivity index (χ4v) is 1.51. The quantitative estimate of drug-likeness (QED) is 0.340. The summed E-state index contributed by atoms with van der Waals surface area (Å²) in [5.41, 5.74) is 0. The van der Waals surface area contributed by atoms with Crippen molar-refractivity contribution < 1.29 is 5.11 Å². The number of alkyl halides is 1. The second-order valence-electron chi connectivity index (χ2n) is 1.77. The minimum atomic E-state index is -0.0955. The molecule has 3 heteroatoms. The highest BCUT2D eigenvalue weighted by atomic mass is 127. The van der Waals surface area contributed by atoms with E-state index in [0.29, 0.717) is 4.05 Å². The lowest BCUT2D eigenvalue weighted by Gasteiger charge is -1.93. The van der Waals surface area contributed by atoms with Gasteiger partial charge in [0, 0.05) is 6.54 Å². The van der Waals surface area contributed by atoms with Crippen LogP contribution in [0.1, 0.15) is 6.42 Å². The molecule has 1 rings (SSSR count). The van der Waals surface area contributed by atoms with Crippen LogP contribution in [0, 0.1) is 0 Å². The number of rotatable bonds is 0. The summed E-state index contributed by atoms with van der Waals surface area (Å²) in [6.45, 7) is 0.771. The Morgan fingerprint density at radius 3 is 2.57 bits per heavy atom. The van der Waals surface area contributed by atoms with E-state index in [1.807, 2.05) is 0 Å². The number of aliphatic hydroxyl groups excluding tert-OH is 1. The Morgan fingerprint density at radius 1 is 1.71 bits per heavy atom. The summed E-state index contributed by atoms with van der Waals surface area (Å²) in [5, 5.41) is 11.9. The third kappa shape index (κ3) is 1.54. The van der Waals surface area contributed by atoms with Crippen LogP contribution in [0.4, 0.5) is 0 Å². The molecule has 7 heavy (non-hydrogen) atoms. The van der Waals surface area contributed by atoms with Gasteiger partial charge in [0.1, 0.15) is 0 Å². The van der Waals surface area contributed by atoms with E-state index in [9.17, 15) is 0 Å². The van der Waals surface area contributed by atoms with Crippen LogP contribution in [0.2, 0.25) is 0 Å². The second kappa shape index (κ2) is 2.28. The Kier molecular flexibility index (Phi) is 1.88. The lowest BCUT2D eigenvalue weighted by Crippen LogP contribution is -2.15. The van der Waals surface area contributed by atoms with Crippen molar-refractivity contribution in [2.75, 3.05) is 6.54 Å². The summed E-state index contributed by atoms with van der Waals surface area (Å²) in [5.74, 6) is 0. The molecule has 1 aliphatic heterocycles. The Bertz CT molecular complexity index is 60.7. The molecule has 0 aliphatic carbocycles. The highest BCUT2D eigenvalue weighted by molar-refractivity contribution is 14.1. The van der Waals surface area contributed by atoms with Crippen molar-refractivity contribution in [3.8, 4) is 0 Å². The van der Waals surface area contributed by atoms with Gasteiger partial charge in [0.15, 0.2) is 0 Å². The lowest BCUT2D eigenvalue weighted by molar-refractivity contribution is 0.196. The maximum atomic E-state index is 8.83. The predicted octanol–water partition coefficient (Wildman–Crippen LogP) is 0.102. The van der Waals surface area contributed by atoms with Crippen LogP contribution < -0.4 is 5.32 Å². The highest BCUT2D eigenvalue weighted by Crippen LogP contribution is 2.11. The van der Waals surface area contributed by atoms with E-state index in [1.54, 1.807) is 0 Å². The van der Waals surface area contributed by atoms with Crippen molar-refractivity contribution in [3.63, 3.8) is 0 Å². The van der Waals surface area contributed by atoms with Crippen molar-refractivity contribution in [2.45, 2.75) is 16.6 Å². The molecule has 0 aromatic rings. The van der Waals surface area contributed by atoms with Crippen molar-refractivity contribution in [1.82, 2.24) is 5.32 Å². The fraction of sp³-hybridized carbons (Fsp3) is 1.00. The standard InChI is InChI=1S/C4H8INO/c5-4-1-3(7)2-6-4/h3-4,6-7H,1-2H2. The zero-order valence-electron chi connectivity index (χ0n) is 3.89. The molecule has 2 atom stereocenters. The van der Waals surface area contributed by atoms with Crippen molar-refractivity contribution in [1.29, 1.82) is 0 Å². The molecule has 0 aromatic carbocycles. The van der Waals surface area contributed by atoms with Crippen molar-refractivity contribution in [2.24, 2.45) is 0 Å². The molecule has 2 nitrogen and oxygen atoms in total. The van der Waals surface area contributed by atoms with Gasteiger partial charge in [-0.25, -0.2) is 0 Å². The van der Waals surface area contributed by atoms with E-state index in [0.717, 1.165) is 13.0 Å². The summed E-state index contributed by atoms with van der Waals surface area (Å²) in [4.78, 5) is 0. The minimum Gasteiger partial charge on any atom is -0.392 e. The average molecular weight is 213 g/mol. The van der Waals surface area contributed by atoms with Gasteiger partial charge in [-0.05, 0) is 6.42 Å². The largest absolute Gasteiger partial charge is 0.392 e. The van der Waals surface area contributed by atoms with E-state index in [-0.39, 0.29) is 6.10 Å². The summed E-state index contributed by atoms with van der Waals surface area (Å²) in [6.07, 6.45) is 0.808. The number of nitrogens with one attached hydrogen (secondary N) is 1. The Balaban J connectivity index is 2.26. The minimum absolute atomic E-state index is 0.0955. The second-order valence-corrected chi connectivity index (χ2v) is 3.27. The molecule has 1 saturated heterocycles. The van der Waals surface area contributed by atoms with E-state index in [4.69, 9.17) is 5.11 Å². The predicted molar refractivity (Wildman–Crippen MR) is 36.4 cm³/mol. The fourth-order valence-electron chi connectivity index (χ4n) is 0.669. The molecule has 0 amide bonds. The first-order valence-corrected chi connectivity index (χ1v) is 3.59. The average Bonchev–Trinajstić information content (AvgIpc) is 1.87. The molecule has 0 radical (unpaired) electrons. The van der Waals surface area contributed by atoms with Gasteiger partial charge in [-0.1, -0.05) is 22.6 Å². The molecule has 0 bridgehead atoms. The van der Waals surface area contributed by atoms with Gasteiger partial charge in [0.05, 0.1) is 10.2 Å². The molecule has 2 unspecified atom stereocenters. The van der Waals surface area contributed by atoms with Gasteiger partial charge in [-0.15, -0.1) is 0 Å². The molecule has 1 aliphatic rings. The summed E-state index contributed by atoms with van der Waals surface area (Å²) in [6, 6.07) is 0. The van der Waals surface area contributed by atoms with Crippen LogP contribution in [0.15, 0.2) is 0 Å². The highest BCUT2D eigenvalue weighted by Gasteiger charge is 2.17. The number of hydrogen-bond donors (Lipinski definition) is 2. The van der Waals surface area contributed by atoms with Crippen molar-refractivity contribution >= 4 is 22.6 Å². The first-order chi connectivity index (χ1) is 3.29. The molecule has 0 saturated carbocycles. The van der Waals surface area contributed by atoms with E-state index in [2.05, 4.69) is 27.9 Å². The van der Waals surface area contributed by atoms with Gasteiger partial charge in [0.2, 0.25) is 0 Å². The number of hydrogen-bond acceptors (Lipinski definition) is 2. The normalized spacial score (nSPS) is 42.0. The number of β-amino-alcohol motifs (C(OH)–C–C–N with tert-alkyl or cyclic N) is 1. The third-order valence-electron chi connectivity index (χ3n) is 1.05. The lowest BCUT2D eigenvalue weighted by atomic mass is 10.3. The van der Waals surface area contributed by atoms with Crippen LogP contribution in [0.25, 0.3) is 0 Å². The first kappa shape index (κ1) is 5.78. The van der Waals surface area contributed by atoms with E-state index < -0.39 is 0 Å². The molecule has 0 spiro atoms. The third-order valence-corrected chi connectivity index (χ3v) is 2.00. The van der Waals surface area contributed by atoms with Gasteiger partial charge in [-0.3, -0.25) is 0 Å². The monoisotopic (exact) mass is 213 g/mol. The summed E-state index contributed by atoms with van der Waals surface area (Å²) >= 11 is 2.28. The van der Waals surface area contributed by atoms with Gasteiger partial charge in [0.25, 0.3) is 0 Å². The summed E-state index contributed by atoms with van der Waals surface area (Å²) < 4.78 is 0.493. The van der Waals surface area contributed by atoms with Gasteiger partial charge >= 0.3 is 0 Å². The Labute approximate surface area is 56.4 Å². The molecular formula is C4H8INO. The molecule has 1 heterocycles. The van der Waals surface area contributed by atoms with E-state index in [1.165, 1.54) is 0 Å². The molecular weight excluding hydrogens is 205 g/mol.